The average Bonchev–Trinajstić information content (AvgIpc) is 3.04. The first-order chi connectivity index (χ1) is 13.7. The fourth-order valence-corrected chi connectivity index (χ4v) is 6.25. The van der Waals surface area contributed by atoms with Crippen LogP contribution in [-0.2, 0) is 0 Å². The Morgan fingerprint density at radius 3 is 2.52 bits per heavy atom. The highest BCUT2D eigenvalue weighted by atomic mass is 16.3. The van der Waals surface area contributed by atoms with Crippen molar-refractivity contribution in [3.8, 4) is 0 Å². The first-order valence-corrected chi connectivity index (χ1v) is 12.2. The molecule has 3 saturated carbocycles. The average molecular weight is 397 g/mol. The molecule has 3 aliphatic rings. The maximum Gasteiger partial charge on any atom is 0.0583 e. The smallest absolute Gasteiger partial charge is 0.0583 e. The molecule has 29 heavy (non-hydrogen) atoms. The van der Waals surface area contributed by atoms with Crippen molar-refractivity contribution in [1.82, 2.24) is 0 Å². The minimum absolute atomic E-state index is 0.182. The number of rotatable bonds is 5. The van der Waals surface area contributed by atoms with Gasteiger partial charge in [-0.1, -0.05) is 76.6 Å². The van der Waals surface area contributed by atoms with E-state index in [1.54, 1.807) is 5.57 Å². The van der Waals surface area contributed by atoms with E-state index in [1.807, 2.05) is 0 Å². The Morgan fingerprint density at radius 2 is 1.79 bits per heavy atom. The third kappa shape index (κ3) is 4.98. The molecular weight excluding hydrogens is 352 g/mol. The first kappa shape index (κ1) is 22.6. The van der Waals surface area contributed by atoms with Gasteiger partial charge in [0.2, 0.25) is 0 Å². The molecule has 0 aliphatic heterocycles. The molecule has 0 aromatic carbocycles. The monoisotopic (exact) mass is 396 g/mol. The van der Waals surface area contributed by atoms with Gasteiger partial charge in [-0.25, -0.2) is 0 Å². The zero-order chi connectivity index (χ0) is 21.2. The number of allylic oxidation sites excluding steroid dienone is 6. The van der Waals surface area contributed by atoms with Crippen molar-refractivity contribution in [2.24, 2.45) is 35.0 Å². The molecule has 0 saturated heterocycles. The van der Waals surface area contributed by atoms with E-state index >= 15 is 0 Å². The second kappa shape index (κ2) is 9.38. The summed E-state index contributed by atoms with van der Waals surface area (Å²) in [6, 6.07) is 0. The Hall–Kier alpha value is -1.08. The summed E-state index contributed by atoms with van der Waals surface area (Å²) in [5.41, 5.74) is 4.61. The lowest BCUT2D eigenvalue weighted by Crippen LogP contribution is -2.35. The Morgan fingerprint density at radius 1 is 1.03 bits per heavy atom. The summed E-state index contributed by atoms with van der Waals surface area (Å²) >= 11 is 0. The predicted octanol–water partition coefficient (Wildman–Crippen LogP) is 7.64. The maximum atomic E-state index is 10.0. The SMILES string of the molecule is C=C1CC[C@@H](O)C/C1=C/C=C1\CCC[C@]2(C)[C@@H]([C@H](C)/C=C/[C@H](C)C(C)C)CC[C@@H]12. The van der Waals surface area contributed by atoms with Crippen molar-refractivity contribution in [1.29, 1.82) is 0 Å². The summed E-state index contributed by atoms with van der Waals surface area (Å²) < 4.78 is 0. The topological polar surface area (TPSA) is 20.2 Å². The van der Waals surface area contributed by atoms with E-state index in [1.165, 1.54) is 43.3 Å². The highest BCUT2D eigenvalue weighted by Crippen LogP contribution is 2.59. The number of hydrogen-bond donors (Lipinski definition) is 1. The van der Waals surface area contributed by atoms with Crippen LogP contribution in [0.1, 0.15) is 86.0 Å². The number of aliphatic hydroxyl groups is 1. The molecule has 3 rings (SSSR count). The van der Waals surface area contributed by atoms with Gasteiger partial charge in [0, 0.05) is 0 Å². The molecule has 0 heterocycles. The zero-order valence-electron chi connectivity index (χ0n) is 19.6. The van der Waals surface area contributed by atoms with Crippen LogP contribution >= 0.6 is 0 Å². The Labute approximate surface area is 180 Å². The zero-order valence-corrected chi connectivity index (χ0v) is 19.6. The van der Waals surface area contributed by atoms with E-state index in [0.29, 0.717) is 17.3 Å². The highest BCUT2D eigenvalue weighted by Gasteiger charge is 2.50. The van der Waals surface area contributed by atoms with Crippen molar-refractivity contribution in [3.63, 3.8) is 0 Å². The van der Waals surface area contributed by atoms with E-state index in [0.717, 1.165) is 37.0 Å². The molecule has 0 aromatic rings. The van der Waals surface area contributed by atoms with Gasteiger partial charge < -0.3 is 5.11 Å². The van der Waals surface area contributed by atoms with Crippen molar-refractivity contribution in [3.05, 3.63) is 47.6 Å². The van der Waals surface area contributed by atoms with Crippen LogP contribution in [0.3, 0.4) is 0 Å². The summed E-state index contributed by atoms with van der Waals surface area (Å²) in [6.45, 7) is 16.3. The molecule has 6 atom stereocenters. The molecule has 1 N–H and O–H groups in total. The van der Waals surface area contributed by atoms with Gasteiger partial charge in [-0.05, 0) is 91.9 Å². The van der Waals surface area contributed by atoms with Gasteiger partial charge in [0.05, 0.1) is 6.10 Å². The van der Waals surface area contributed by atoms with Crippen molar-refractivity contribution in [2.75, 3.05) is 0 Å². The van der Waals surface area contributed by atoms with E-state index < -0.39 is 0 Å². The normalized spacial score (nSPS) is 38.2. The van der Waals surface area contributed by atoms with Crippen LogP contribution < -0.4 is 0 Å². The molecule has 1 nitrogen and oxygen atoms in total. The van der Waals surface area contributed by atoms with Crippen molar-refractivity contribution >= 4 is 0 Å². The van der Waals surface area contributed by atoms with Gasteiger partial charge in [-0.2, -0.15) is 0 Å². The Bertz CT molecular complexity index is 678. The molecular formula is C28H44O. The lowest BCUT2D eigenvalue weighted by atomic mass is 9.61. The lowest BCUT2D eigenvalue weighted by molar-refractivity contribution is 0.112. The Balaban J connectivity index is 1.75. The molecule has 0 unspecified atom stereocenters. The molecule has 162 valence electrons. The van der Waals surface area contributed by atoms with Gasteiger partial charge in [0.25, 0.3) is 0 Å². The number of fused-ring (bicyclic) bond motifs is 1. The quantitative estimate of drug-likeness (QED) is 0.473. The van der Waals surface area contributed by atoms with Crippen molar-refractivity contribution < 1.29 is 5.11 Å². The van der Waals surface area contributed by atoms with E-state index in [9.17, 15) is 5.11 Å². The van der Waals surface area contributed by atoms with Gasteiger partial charge >= 0.3 is 0 Å². The van der Waals surface area contributed by atoms with Crippen LogP contribution in [0.4, 0.5) is 0 Å². The largest absolute Gasteiger partial charge is 0.393 e. The van der Waals surface area contributed by atoms with Crippen LogP contribution in [0.25, 0.3) is 0 Å². The van der Waals surface area contributed by atoms with Gasteiger partial charge in [0.1, 0.15) is 0 Å². The highest BCUT2D eigenvalue weighted by molar-refractivity contribution is 5.36. The van der Waals surface area contributed by atoms with Crippen LogP contribution in [0, 0.1) is 35.0 Å². The fourth-order valence-electron chi connectivity index (χ4n) is 6.25. The fraction of sp³-hybridized carbons (Fsp3) is 0.714. The first-order valence-electron chi connectivity index (χ1n) is 12.2. The summed E-state index contributed by atoms with van der Waals surface area (Å²) in [5, 5.41) is 10.0. The summed E-state index contributed by atoms with van der Waals surface area (Å²) in [6.07, 6.45) is 18.8. The number of hydrogen-bond acceptors (Lipinski definition) is 1. The molecule has 0 aromatic heterocycles. The summed E-state index contributed by atoms with van der Waals surface area (Å²) in [5.74, 6) is 3.58. The second-order valence-electron chi connectivity index (χ2n) is 10.9. The summed E-state index contributed by atoms with van der Waals surface area (Å²) in [7, 11) is 0. The van der Waals surface area contributed by atoms with Crippen molar-refractivity contribution in [2.45, 2.75) is 92.1 Å². The second-order valence-corrected chi connectivity index (χ2v) is 10.9. The third-order valence-electron chi connectivity index (χ3n) is 8.63. The standard InChI is InChI=1S/C28H44O/c1-19(2)20(3)9-10-22(5)26-15-16-27-23(8-7-17-28(26,27)6)12-13-24-18-25(29)14-11-21(24)4/h9-10,12-13,19-20,22,25-27,29H,4,7-8,11,14-18H2,1-3,5-6H3/b10-9+,23-12+,24-13-/t20-,22+,25+,26+,27-,28+/m0/s1. The lowest BCUT2D eigenvalue weighted by Gasteiger charge is -2.44. The van der Waals surface area contributed by atoms with E-state index in [4.69, 9.17) is 0 Å². The molecule has 0 amide bonds. The minimum atomic E-state index is -0.182. The number of aliphatic hydroxyl groups excluding tert-OH is 1. The Kier molecular flexibility index (Phi) is 7.31. The predicted molar refractivity (Wildman–Crippen MR) is 126 cm³/mol. The molecule has 3 fully saturated rings. The maximum absolute atomic E-state index is 10.0. The summed E-state index contributed by atoms with van der Waals surface area (Å²) in [4.78, 5) is 0. The molecule has 3 aliphatic carbocycles. The van der Waals surface area contributed by atoms with Crippen LogP contribution in [0.5, 0.6) is 0 Å². The van der Waals surface area contributed by atoms with Gasteiger partial charge in [-0.15, -0.1) is 0 Å². The molecule has 0 bridgehead atoms. The third-order valence-corrected chi connectivity index (χ3v) is 8.63. The minimum Gasteiger partial charge on any atom is -0.393 e. The van der Waals surface area contributed by atoms with E-state index in [-0.39, 0.29) is 6.10 Å². The van der Waals surface area contributed by atoms with Crippen LogP contribution in [0.15, 0.2) is 47.6 Å². The van der Waals surface area contributed by atoms with Crippen LogP contribution in [-0.4, -0.2) is 11.2 Å². The molecule has 0 radical (unpaired) electrons. The van der Waals surface area contributed by atoms with Gasteiger partial charge in [-0.3, -0.25) is 0 Å². The van der Waals surface area contributed by atoms with Gasteiger partial charge in [0.15, 0.2) is 0 Å². The molecule has 1 heteroatoms. The van der Waals surface area contributed by atoms with Crippen LogP contribution in [0.2, 0.25) is 0 Å². The van der Waals surface area contributed by atoms with E-state index in [2.05, 4.69) is 65.5 Å². The molecule has 0 spiro atoms.